The van der Waals surface area contributed by atoms with E-state index in [4.69, 9.17) is 5.73 Å². The van der Waals surface area contributed by atoms with Gasteiger partial charge in [0.1, 0.15) is 0 Å². The van der Waals surface area contributed by atoms with Crippen molar-refractivity contribution in [2.75, 3.05) is 18.8 Å². The van der Waals surface area contributed by atoms with Gasteiger partial charge in [-0.05, 0) is 31.9 Å². The number of halogens is 1. The normalized spacial score (nSPS) is 17.0. The van der Waals surface area contributed by atoms with Gasteiger partial charge in [0.2, 0.25) is 0 Å². The summed E-state index contributed by atoms with van der Waals surface area (Å²) in [6.45, 7) is 1.55. The third-order valence-corrected chi connectivity index (χ3v) is 3.43. The van der Waals surface area contributed by atoms with Gasteiger partial charge in [-0.25, -0.2) is 0 Å². The number of nitrogens with zero attached hydrogens (tertiary/aromatic N) is 1. The lowest BCUT2D eigenvalue weighted by atomic mass is 10.1. The third-order valence-electron chi connectivity index (χ3n) is 3.43. The molecule has 1 atom stereocenters. The van der Waals surface area contributed by atoms with Crippen LogP contribution in [0.4, 0.5) is 11.4 Å². The molecule has 1 aliphatic heterocycles. The van der Waals surface area contributed by atoms with E-state index >= 15 is 0 Å². The van der Waals surface area contributed by atoms with Crippen LogP contribution in [0.1, 0.15) is 29.6 Å². The molecule has 1 saturated heterocycles. The van der Waals surface area contributed by atoms with Crippen LogP contribution in [0.5, 0.6) is 0 Å². The Bertz CT molecular complexity index is 518. The number of carbonyl (C=O) groups is 1. The second-order valence-electron chi connectivity index (χ2n) is 4.87. The number of nitrogen functional groups attached to an aromatic ring is 1. The molecule has 1 heterocycles. The molecule has 7 nitrogen and oxygen atoms in total. The van der Waals surface area contributed by atoms with Crippen molar-refractivity contribution in [3.05, 3.63) is 33.9 Å². The fourth-order valence-electron chi connectivity index (χ4n) is 2.31. The molecule has 0 radical (unpaired) electrons. The number of anilines is 1. The van der Waals surface area contributed by atoms with Gasteiger partial charge in [0.25, 0.3) is 11.6 Å². The Labute approximate surface area is 128 Å². The number of nitro benzene ring substituents is 1. The van der Waals surface area contributed by atoms with E-state index in [0.29, 0.717) is 12.6 Å². The quantitative estimate of drug-likeness (QED) is 0.433. The van der Waals surface area contributed by atoms with Gasteiger partial charge in [0.15, 0.2) is 0 Å². The first kappa shape index (κ1) is 17.2. The van der Waals surface area contributed by atoms with Crippen LogP contribution >= 0.6 is 12.4 Å². The summed E-state index contributed by atoms with van der Waals surface area (Å²) in [7, 11) is 0. The van der Waals surface area contributed by atoms with E-state index in [-0.39, 0.29) is 35.3 Å². The predicted molar refractivity (Wildman–Crippen MR) is 82.7 cm³/mol. The molecule has 116 valence electrons. The third kappa shape index (κ3) is 4.57. The highest BCUT2D eigenvalue weighted by Gasteiger charge is 2.17. The number of rotatable bonds is 5. The lowest BCUT2D eigenvalue weighted by Gasteiger charge is -2.11. The first-order valence-corrected chi connectivity index (χ1v) is 6.63. The summed E-state index contributed by atoms with van der Waals surface area (Å²) >= 11 is 0. The highest BCUT2D eigenvalue weighted by atomic mass is 35.5. The Kier molecular flexibility index (Phi) is 6.39. The second-order valence-corrected chi connectivity index (χ2v) is 4.87. The molecule has 21 heavy (non-hydrogen) atoms. The Morgan fingerprint density at radius 1 is 1.52 bits per heavy atom. The van der Waals surface area contributed by atoms with E-state index in [0.717, 1.165) is 25.8 Å². The van der Waals surface area contributed by atoms with Crippen molar-refractivity contribution >= 4 is 29.7 Å². The van der Waals surface area contributed by atoms with Crippen LogP contribution in [0, 0.1) is 10.1 Å². The maximum atomic E-state index is 12.0. The van der Waals surface area contributed by atoms with E-state index in [9.17, 15) is 14.9 Å². The zero-order valence-electron chi connectivity index (χ0n) is 11.5. The van der Waals surface area contributed by atoms with Crippen molar-refractivity contribution in [3.63, 3.8) is 0 Å². The topological polar surface area (TPSA) is 110 Å². The van der Waals surface area contributed by atoms with Crippen molar-refractivity contribution in [1.82, 2.24) is 10.6 Å². The number of nitrogens with two attached hydrogens (primary N) is 1. The lowest BCUT2D eigenvalue weighted by Crippen LogP contribution is -2.31. The SMILES string of the molecule is Cl.Nc1ccc([N+](=O)[O-])cc1C(=O)NCC[C@H]1CCCN1. The summed E-state index contributed by atoms with van der Waals surface area (Å²) in [5.74, 6) is -0.371. The van der Waals surface area contributed by atoms with Crippen LogP contribution < -0.4 is 16.4 Å². The highest BCUT2D eigenvalue weighted by molar-refractivity contribution is 5.99. The fraction of sp³-hybridized carbons (Fsp3) is 0.462. The van der Waals surface area contributed by atoms with E-state index in [2.05, 4.69) is 10.6 Å². The molecule has 0 spiro atoms. The highest BCUT2D eigenvalue weighted by Crippen LogP contribution is 2.19. The molecule has 1 aromatic rings. The van der Waals surface area contributed by atoms with Crippen LogP contribution in [0.3, 0.4) is 0 Å². The maximum Gasteiger partial charge on any atom is 0.270 e. The van der Waals surface area contributed by atoms with Crippen molar-refractivity contribution in [3.8, 4) is 0 Å². The van der Waals surface area contributed by atoms with Crippen LogP contribution in [0.2, 0.25) is 0 Å². The first-order valence-electron chi connectivity index (χ1n) is 6.63. The van der Waals surface area contributed by atoms with Gasteiger partial charge in [-0.15, -0.1) is 12.4 Å². The van der Waals surface area contributed by atoms with Gasteiger partial charge in [-0.3, -0.25) is 14.9 Å². The fourth-order valence-corrected chi connectivity index (χ4v) is 2.31. The van der Waals surface area contributed by atoms with Gasteiger partial charge in [-0.1, -0.05) is 0 Å². The van der Waals surface area contributed by atoms with E-state index < -0.39 is 4.92 Å². The molecule has 1 amide bonds. The molecule has 1 aromatic carbocycles. The standard InChI is InChI=1S/C13H18N4O3.ClH/c14-12-4-3-10(17(19)20)8-11(12)13(18)16-7-5-9-2-1-6-15-9;/h3-4,8-9,15H,1-2,5-7,14H2,(H,16,18);1H/t9-;/m1./s1. The summed E-state index contributed by atoms with van der Waals surface area (Å²) in [6, 6.07) is 4.32. The number of carbonyl (C=O) groups excluding carboxylic acids is 1. The molecule has 0 saturated carbocycles. The zero-order chi connectivity index (χ0) is 14.5. The smallest absolute Gasteiger partial charge is 0.270 e. The number of hydrogen-bond acceptors (Lipinski definition) is 5. The number of nitrogens with one attached hydrogen (secondary N) is 2. The first-order chi connectivity index (χ1) is 9.58. The molecule has 0 unspecified atom stereocenters. The van der Waals surface area contributed by atoms with Gasteiger partial charge in [0.05, 0.1) is 10.5 Å². The minimum Gasteiger partial charge on any atom is -0.398 e. The molecule has 0 aliphatic carbocycles. The molecular weight excluding hydrogens is 296 g/mol. The molecule has 0 bridgehead atoms. The van der Waals surface area contributed by atoms with Gasteiger partial charge >= 0.3 is 0 Å². The number of non-ortho nitro benzene ring substituents is 1. The average Bonchev–Trinajstić information content (AvgIpc) is 2.92. The van der Waals surface area contributed by atoms with Crippen LogP contribution in [-0.2, 0) is 0 Å². The Morgan fingerprint density at radius 2 is 2.29 bits per heavy atom. The van der Waals surface area contributed by atoms with Crippen LogP contribution in [0.15, 0.2) is 18.2 Å². The van der Waals surface area contributed by atoms with Gasteiger partial charge in [-0.2, -0.15) is 0 Å². The molecule has 4 N–H and O–H groups in total. The molecule has 1 aliphatic rings. The van der Waals surface area contributed by atoms with Crippen molar-refractivity contribution in [2.45, 2.75) is 25.3 Å². The molecule has 8 heteroatoms. The largest absolute Gasteiger partial charge is 0.398 e. The van der Waals surface area contributed by atoms with Crippen LogP contribution in [0.25, 0.3) is 0 Å². The maximum absolute atomic E-state index is 12.0. The monoisotopic (exact) mass is 314 g/mol. The van der Waals surface area contributed by atoms with Crippen molar-refractivity contribution < 1.29 is 9.72 Å². The Balaban J connectivity index is 0.00000220. The van der Waals surface area contributed by atoms with Crippen molar-refractivity contribution in [1.29, 1.82) is 0 Å². The number of hydrogen-bond donors (Lipinski definition) is 3. The average molecular weight is 315 g/mol. The summed E-state index contributed by atoms with van der Waals surface area (Å²) in [4.78, 5) is 22.1. The van der Waals surface area contributed by atoms with E-state index in [1.165, 1.54) is 18.2 Å². The lowest BCUT2D eigenvalue weighted by molar-refractivity contribution is -0.384. The van der Waals surface area contributed by atoms with Gasteiger partial charge < -0.3 is 16.4 Å². The number of amides is 1. The summed E-state index contributed by atoms with van der Waals surface area (Å²) < 4.78 is 0. The molecular formula is C13H19ClN4O3. The Morgan fingerprint density at radius 3 is 2.90 bits per heavy atom. The molecule has 1 fully saturated rings. The summed E-state index contributed by atoms with van der Waals surface area (Å²) in [5, 5.41) is 16.8. The minimum atomic E-state index is -0.543. The summed E-state index contributed by atoms with van der Waals surface area (Å²) in [5.41, 5.74) is 5.95. The Hall–Kier alpha value is -1.86. The van der Waals surface area contributed by atoms with E-state index in [1.54, 1.807) is 0 Å². The van der Waals surface area contributed by atoms with Crippen molar-refractivity contribution in [2.24, 2.45) is 0 Å². The predicted octanol–water partition coefficient (Wildman–Crippen LogP) is 1.47. The van der Waals surface area contributed by atoms with Gasteiger partial charge in [0, 0.05) is 30.4 Å². The van der Waals surface area contributed by atoms with E-state index in [1.807, 2.05) is 0 Å². The molecule has 2 rings (SSSR count). The zero-order valence-corrected chi connectivity index (χ0v) is 12.3. The minimum absolute atomic E-state index is 0. The second kappa shape index (κ2) is 7.80. The summed E-state index contributed by atoms with van der Waals surface area (Å²) in [6.07, 6.45) is 3.13. The van der Waals surface area contributed by atoms with Crippen LogP contribution in [-0.4, -0.2) is 30.0 Å². The molecule has 0 aromatic heterocycles. The number of benzene rings is 1. The number of nitro groups is 1.